The molecule has 5 nitrogen and oxygen atoms in total. The molecule has 1 N–H and O–H groups in total. The van der Waals surface area contributed by atoms with Gasteiger partial charge in [-0.25, -0.2) is 0 Å². The molecule has 1 aliphatic rings. The lowest BCUT2D eigenvalue weighted by molar-refractivity contribution is -0.121. The van der Waals surface area contributed by atoms with E-state index in [2.05, 4.69) is 5.32 Å². The third-order valence-corrected chi connectivity index (χ3v) is 3.10. The number of hydrogen-bond donors (Lipinski definition) is 1. The summed E-state index contributed by atoms with van der Waals surface area (Å²) < 4.78 is 0. The van der Waals surface area contributed by atoms with E-state index in [0.717, 1.165) is 0 Å². The van der Waals surface area contributed by atoms with Crippen LogP contribution in [0.1, 0.15) is 27.6 Å². The second kappa shape index (κ2) is 4.03. The van der Waals surface area contributed by atoms with E-state index in [0.29, 0.717) is 11.1 Å². The molecule has 0 spiro atoms. The van der Waals surface area contributed by atoms with Crippen molar-refractivity contribution in [2.24, 2.45) is 0 Å². The Morgan fingerprint density at radius 3 is 1.89 bits per heavy atom. The lowest BCUT2D eigenvalue weighted by Crippen LogP contribution is -2.65. The third-order valence-electron chi connectivity index (χ3n) is 3.10. The van der Waals surface area contributed by atoms with Gasteiger partial charge in [-0.15, -0.1) is 0 Å². The average molecular weight is 246 g/mol. The van der Waals surface area contributed by atoms with Crippen molar-refractivity contribution in [1.29, 1.82) is 0 Å². The molecule has 0 fully saturated rings. The topological polar surface area (TPSA) is 66.5 Å². The molecule has 5 heteroatoms. The fourth-order valence-electron chi connectivity index (χ4n) is 2.26. The molecule has 18 heavy (non-hydrogen) atoms. The Morgan fingerprint density at radius 1 is 1.11 bits per heavy atom. The Morgan fingerprint density at radius 2 is 1.56 bits per heavy atom. The van der Waals surface area contributed by atoms with Gasteiger partial charge in [0.25, 0.3) is 0 Å². The maximum Gasteiger partial charge on any atom is 0.222 e. The van der Waals surface area contributed by atoms with E-state index in [9.17, 15) is 14.4 Å². The van der Waals surface area contributed by atoms with Crippen LogP contribution in [0.25, 0.3) is 0 Å². The second-order valence-electron chi connectivity index (χ2n) is 4.49. The van der Waals surface area contributed by atoms with Crippen LogP contribution in [0.4, 0.5) is 0 Å². The zero-order chi connectivity index (χ0) is 13.5. The zero-order valence-corrected chi connectivity index (χ0v) is 10.5. The molecule has 0 atom stereocenters. The number of ketones is 2. The number of nitrogens with one attached hydrogen (secondary N) is 1. The van der Waals surface area contributed by atoms with E-state index < -0.39 is 11.6 Å². The van der Waals surface area contributed by atoms with Gasteiger partial charge in [-0.1, -0.05) is 24.3 Å². The van der Waals surface area contributed by atoms with Crippen LogP contribution in [0.5, 0.6) is 0 Å². The van der Waals surface area contributed by atoms with Crippen LogP contribution in [0.2, 0.25) is 0 Å². The lowest BCUT2D eigenvalue weighted by atomic mass is 10.0. The van der Waals surface area contributed by atoms with Crippen molar-refractivity contribution in [1.82, 2.24) is 10.2 Å². The van der Waals surface area contributed by atoms with Gasteiger partial charge >= 0.3 is 0 Å². The maximum atomic E-state index is 12.4. The van der Waals surface area contributed by atoms with Crippen molar-refractivity contribution in [3.05, 3.63) is 35.4 Å². The molecule has 1 amide bonds. The predicted molar refractivity (Wildman–Crippen MR) is 65.3 cm³/mol. The number of fused-ring (bicyclic) bond motifs is 1. The van der Waals surface area contributed by atoms with Crippen LogP contribution in [0.3, 0.4) is 0 Å². The van der Waals surface area contributed by atoms with Crippen molar-refractivity contribution in [2.75, 3.05) is 14.1 Å². The first-order valence-electron chi connectivity index (χ1n) is 5.56. The fourth-order valence-corrected chi connectivity index (χ4v) is 2.26. The van der Waals surface area contributed by atoms with Gasteiger partial charge in [-0.05, 0) is 14.1 Å². The molecular formula is C13H14N2O3. The molecule has 0 aromatic heterocycles. The van der Waals surface area contributed by atoms with E-state index >= 15 is 0 Å². The summed E-state index contributed by atoms with van der Waals surface area (Å²) in [4.78, 5) is 37.6. The summed E-state index contributed by atoms with van der Waals surface area (Å²) in [7, 11) is 3.19. The van der Waals surface area contributed by atoms with Gasteiger partial charge in [0.2, 0.25) is 23.1 Å². The minimum Gasteiger partial charge on any atom is -0.325 e. The number of Topliss-reactive ketones (excluding diaryl/α,β-unsaturated/α-hetero) is 2. The Balaban J connectivity index is 2.62. The minimum absolute atomic E-state index is 0.352. The van der Waals surface area contributed by atoms with Gasteiger partial charge < -0.3 is 5.32 Å². The van der Waals surface area contributed by atoms with Crippen molar-refractivity contribution in [3.8, 4) is 0 Å². The monoisotopic (exact) mass is 246 g/mol. The van der Waals surface area contributed by atoms with Gasteiger partial charge in [-0.3, -0.25) is 19.3 Å². The summed E-state index contributed by atoms with van der Waals surface area (Å²) >= 11 is 0. The third kappa shape index (κ3) is 1.48. The van der Waals surface area contributed by atoms with Gasteiger partial charge in [-0.2, -0.15) is 0 Å². The van der Waals surface area contributed by atoms with E-state index in [-0.39, 0.29) is 11.6 Å². The summed E-state index contributed by atoms with van der Waals surface area (Å²) in [5.41, 5.74) is -0.898. The molecule has 0 aliphatic heterocycles. The number of amides is 1. The number of benzene rings is 1. The van der Waals surface area contributed by atoms with Gasteiger partial charge in [0.15, 0.2) is 0 Å². The van der Waals surface area contributed by atoms with E-state index in [4.69, 9.17) is 0 Å². The molecule has 0 bridgehead atoms. The zero-order valence-electron chi connectivity index (χ0n) is 10.5. The van der Waals surface area contributed by atoms with Gasteiger partial charge in [0.1, 0.15) is 0 Å². The molecule has 1 aromatic rings. The maximum absolute atomic E-state index is 12.4. The van der Waals surface area contributed by atoms with Crippen molar-refractivity contribution in [3.63, 3.8) is 0 Å². The number of likely N-dealkylation sites (N-methyl/N-ethyl adjacent to an activating group) is 1. The van der Waals surface area contributed by atoms with Crippen molar-refractivity contribution < 1.29 is 14.4 Å². The standard InChI is InChI=1S/C13H14N2O3/c1-8(16)14-13(15(2)3)11(17)9-6-4-5-7-10(9)12(13)18/h4-7H,1-3H3,(H,14,16). The molecule has 94 valence electrons. The van der Waals surface area contributed by atoms with E-state index in [1.54, 1.807) is 38.4 Å². The highest BCUT2D eigenvalue weighted by Gasteiger charge is 2.55. The molecule has 0 heterocycles. The smallest absolute Gasteiger partial charge is 0.222 e. The number of rotatable bonds is 2. The SMILES string of the molecule is CC(=O)NC1(N(C)C)C(=O)c2ccccc2C1=O. The largest absolute Gasteiger partial charge is 0.325 e. The van der Waals surface area contributed by atoms with Crippen molar-refractivity contribution in [2.45, 2.75) is 12.6 Å². The number of nitrogens with zero attached hydrogens (tertiary/aromatic N) is 1. The van der Waals surface area contributed by atoms with Crippen molar-refractivity contribution >= 4 is 17.5 Å². The van der Waals surface area contributed by atoms with Crippen LogP contribution >= 0.6 is 0 Å². The summed E-state index contributed by atoms with van der Waals surface area (Å²) in [6.45, 7) is 1.29. The number of hydrogen-bond acceptors (Lipinski definition) is 4. The summed E-state index contributed by atoms with van der Waals surface area (Å²) in [5.74, 6) is -1.19. The Labute approximate surface area is 105 Å². The molecule has 0 radical (unpaired) electrons. The van der Waals surface area contributed by atoms with E-state index in [1.807, 2.05) is 0 Å². The summed E-state index contributed by atoms with van der Waals surface area (Å²) in [6.07, 6.45) is 0. The van der Waals surface area contributed by atoms with Gasteiger partial charge in [0.05, 0.1) is 0 Å². The number of carbonyl (C=O) groups is 3. The molecule has 1 aliphatic carbocycles. The first-order valence-corrected chi connectivity index (χ1v) is 5.56. The molecular weight excluding hydrogens is 232 g/mol. The van der Waals surface area contributed by atoms with Crippen LogP contribution in [0, 0.1) is 0 Å². The Kier molecular flexibility index (Phi) is 2.78. The highest BCUT2D eigenvalue weighted by Crippen LogP contribution is 2.31. The first-order chi connectivity index (χ1) is 8.41. The van der Waals surface area contributed by atoms with Crippen LogP contribution in [0.15, 0.2) is 24.3 Å². The van der Waals surface area contributed by atoms with Gasteiger partial charge in [0, 0.05) is 18.1 Å². The highest BCUT2D eigenvalue weighted by atomic mass is 16.2. The summed E-state index contributed by atoms with van der Waals surface area (Å²) in [5, 5.41) is 2.49. The first kappa shape index (κ1) is 12.4. The molecule has 0 unspecified atom stereocenters. The predicted octanol–water partition coefficient (Wildman–Crippen LogP) is 0.460. The molecule has 1 aromatic carbocycles. The second-order valence-corrected chi connectivity index (χ2v) is 4.49. The quantitative estimate of drug-likeness (QED) is 0.608. The molecule has 0 saturated heterocycles. The Bertz CT molecular complexity index is 514. The van der Waals surface area contributed by atoms with E-state index in [1.165, 1.54) is 11.8 Å². The van der Waals surface area contributed by atoms with Crippen LogP contribution in [-0.4, -0.2) is 42.1 Å². The normalized spacial score (nSPS) is 16.9. The summed E-state index contributed by atoms with van der Waals surface area (Å²) in [6, 6.07) is 6.60. The Hall–Kier alpha value is -2.01. The molecule has 0 saturated carbocycles. The number of carbonyl (C=O) groups excluding carboxylic acids is 3. The molecule has 2 rings (SSSR count). The highest BCUT2D eigenvalue weighted by molar-refractivity contribution is 6.33. The lowest BCUT2D eigenvalue weighted by Gasteiger charge is -2.33. The van der Waals surface area contributed by atoms with Crippen LogP contribution < -0.4 is 5.32 Å². The fraction of sp³-hybridized carbons (Fsp3) is 0.308. The van der Waals surface area contributed by atoms with Crippen LogP contribution in [-0.2, 0) is 4.79 Å². The minimum atomic E-state index is -1.60. The average Bonchev–Trinajstić information content (AvgIpc) is 2.52.